The Morgan fingerprint density at radius 2 is 1.95 bits per heavy atom. The molecule has 0 aromatic carbocycles. The maximum atomic E-state index is 13.0. The van der Waals surface area contributed by atoms with Gasteiger partial charge in [0, 0.05) is 65.2 Å². The standard InChI is InChI=1S/C31H43N7O4Si/c1-21-27(14-24(40-3)15-28(21)41-4)37(19-23-8-11-30(39)38(23)20-42-12-13-43(5,6)7)29-10-9-25-31(35-29)34-26(17-32-25)22-16-33-36(2)18-22/h9-10,14-18,21,23,28H,8,11-13,19-20H2,1-7H3. The predicted molar refractivity (Wildman–Crippen MR) is 169 cm³/mol. The first kappa shape index (κ1) is 30.8. The molecule has 0 saturated carbocycles. The van der Waals surface area contributed by atoms with Gasteiger partial charge in [0.2, 0.25) is 5.91 Å². The van der Waals surface area contributed by atoms with Gasteiger partial charge in [0.05, 0.1) is 37.3 Å². The lowest BCUT2D eigenvalue weighted by atomic mass is 9.93. The SMILES string of the molecule is COC1=CC(OC)C(C)C(N(CC2CCC(=O)N2COCC[Si](C)(C)C)c2ccc3ncc(-c4cnn(C)c4)nc3n2)=C1. The van der Waals surface area contributed by atoms with Gasteiger partial charge in [-0.25, -0.2) is 9.97 Å². The highest BCUT2D eigenvalue weighted by Gasteiger charge is 2.36. The lowest BCUT2D eigenvalue weighted by Crippen LogP contribution is -2.45. The van der Waals surface area contributed by atoms with Crippen LogP contribution in [0.25, 0.3) is 22.4 Å². The number of rotatable bonds is 12. The fourth-order valence-corrected chi connectivity index (χ4v) is 6.25. The van der Waals surface area contributed by atoms with E-state index in [1.807, 2.05) is 42.4 Å². The van der Waals surface area contributed by atoms with Gasteiger partial charge < -0.3 is 24.0 Å². The number of allylic oxidation sites excluding steroid dienone is 1. The second kappa shape index (κ2) is 12.9. The number of aryl methyl sites for hydroxylation is 1. The van der Waals surface area contributed by atoms with E-state index in [-0.39, 0.29) is 24.0 Å². The van der Waals surface area contributed by atoms with Gasteiger partial charge in [-0.1, -0.05) is 26.6 Å². The second-order valence-corrected chi connectivity index (χ2v) is 18.1. The fourth-order valence-electron chi connectivity index (χ4n) is 5.50. The summed E-state index contributed by atoms with van der Waals surface area (Å²) in [4.78, 5) is 31.6. The summed E-state index contributed by atoms with van der Waals surface area (Å²) in [5, 5.41) is 4.27. The Morgan fingerprint density at radius 3 is 2.65 bits per heavy atom. The van der Waals surface area contributed by atoms with E-state index in [0.717, 1.165) is 35.3 Å². The van der Waals surface area contributed by atoms with Gasteiger partial charge in [-0.15, -0.1) is 0 Å². The first-order valence-electron chi connectivity index (χ1n) is 14.8. The van der Waals surface area contributed by atoms with E-state index in [2.05, 4.69) is 41.5 Å². The molecule has 0 N–H and O–H groups in total. The molecule has 0 spiro atoms. The molecule has 3 aromatic rings. The van der Waals surface area contributed by atoms with Crippen molar-refractivity contribution in [1.29, 1.82) is 0 Å². The van der Waals surface area contributed by atoms with E-state index in [9.17, 15) is 4.79 Å². The number of hydrogen-bond acceptors (Lipinski definition) is 9. The number of aromatic nitrogens is 5. The minimum atomic E-state index is -1.23. The Hall–Kier alpha value is -3.61. The Bertz CT molecular complexity index is 1520. The molecule has 3 atom stereocenters. The third-order valence-corrected chi connectivity index (χ3v) is 9.84. The number of nitrogens with zero attached hydrogens (tertiary/aromatic N) is 7. The molecule has 3 aromatic heterocycles. The molecule has 1 saturated heterocycles. The molecule has 1 aliphatic carbocycles. The molecule has 3 unspecified atom stereocenters. The van der Waals surface area contributed by atoms with E-state index < -0.39 is 8.07 Å². The van der Waals surface area contributed by atoms with E-state index in [1.165, 1.54) is 0 Å². The normalized spacial score (nSPS) is 20.9. The van der Waals surface area contributed by atoms with Crippen LogP contribution in [0.5, 0.6) is 0 Å². The van der Waals surface area contributed by atoms with Crippen molar-refractivity contribution in [2.75, 3.05) is 39.0 Å². The smallest absolute Gasteiger partial charge is 0.224 e. The molecule has 4 heterocycles. The van der Waals surface area contributed by atoms with Crippen LogP contribution in [0.3, 0.4) is 0 Å². The van der Waals surface area contributed by atoms with Crippen LogP contribution in [0.2, 0.25) is 25.7 Å². The number of carbonyl (C=O) groups is 1. The van der Waals surface area contributed by atoms with Crippen molar-refractivity contribution in [2.24, 2.45) is 13.0 Å². The quantitative estimate of drug-likeness (QED) is 0.216. The molecule has 1 amide bonds. The Balaban J connectivity index is 1.49. The number of pyridine rings is 1. The van der Waals surface area contributed by atoms with Gasteiger partial charge in [0.15, 0.2) is 5.65 Å². The zero-order valence-electron chi connectivity index (χ0n) is 26.3. The molecule has 0 radical (unpaired) electrons. The van der Waals surface area contributed by atoms with Crippen molar-refractivity contribution < 1.29 is 19.0 Å². The van der Waals surface area contributed by atoms with Crippen LogP contribution in [0.15, 0.2) is 54.3 Å². The first-order valence-corrected chi connectivity index (χ1v) is 18.5. The van der Waals surface area contributed by atoms with E-state index in [1.54, 1.807) is 31.3 Å². The highest BCUT2D eigenvalue weighted by molar-refractivity contribution is 6.76. The van der Waals surface area contributed by atoms with E-state index in [4.69, 9.17) is 24.2 Å². The average molecular weight is 606 g/mol. The number of likely N-dealkylation sites (tertiary alicyclic amines) is 1. The van der Waals surface area contributed by atoms with Gasteiger partial charge in [-0.3, -0.25) is 14.5 Å². The third-order valence-electron chi connectivity index (χ3n) is 8.14. The molecule has 0 bridgehead atoms. The Labute approximate surface area is 254 Å². The number of ether oxygens (including phenoxy) is 3. The van der Waals surface area contributed by atoms with Gasteiger partial charge in [-0.2, -0.15) is 5.10 Å². The van der Waals surface area contributed by atoms with Gasteiger partial charge >= 0.3 is 0 Å². The van der Waals surface area contributed by atoms with Gasteiger partial charge in [-0.05, 0) is 36.7 Å². The molecule has 5 rings (SSSR count). The van der Waals surface area contributed by atoms with Crippen molar-refractivity contribution in [3.8, 4) is 11.3 Å². The van der Waals surface area contributed by atoms with Crippen molar-refractivity contribution in [3.63, 3.8) is 0 Å². The summed E-state index contributed by atoms with van der Waals surface area (Å²) in [6.45, 7) is 10.6. The van der Waals surface area contributed by atoms with Gasteiger partial charge in [0.25, 0.3) is 0 Å². The minimum Gasteiger partial charge on any atom is -0.497 e. The van der Waals surface area contributed by atoms with Crippen molar-refractivity contribution >= 4 is 31.0 Å². The number of hydrogen-bond donors (Lipinski definition) is 0. The molecular formula is C31H43N7O4Si. The van der Waals surface area contributed by atoms with Crippen molar-refractivity contribution in [2.45, 2.75) is 57.6 Å². The van der Waals surface area contributed by atoms with E-state index in [0.29, 0.717) is 43.2 Å². The number of methoxy groups -OCH3 is 2. The molecule has 230 valence electrons. The Kier molecular flexibility index (Phi) is 9.28. The summed E-state index contributed by atoms with van der Waals surface area (Å²) < 4.78 is 19.3. The van der Waals surface area contributed by atoms with Crippen molar-refractivity contribution in [1.82, 2.24) is 29.6 Å². The number of fused-ring (bicyclic) bond motifs is 1. The summed E-state index contributed by atoms with van der Waals surface area (Å²) in [5.74, 6) is 1.56. The molecule has 12 heteroatoms. The van der Waals surface area contributed by atoms with Gasteiger partial charge in [0.1, 0.15) is 23.8 Å². The molecule has 43 heavy (non-hydrogen) atoms. The summed E-state index contributed by atoms with van der Waals surface area (Å²) >= 11 is 0. The summed E-state index contributed by atoms with van der Waals surface area (Å²) in [6.07, 6.45) is 10.5. The lowest BCUT2D eigenvalue weighted by Gasteiger charge is -2.38. The fraction of sp³-hybridized carbons (Fsp3) is 0.516. The summed E-state index contributed by atoms with van der Waals surface area (Å²) in [7, 11) is 4.00. The first-order chi connectivity index (χ1) is 20.6. The zero-order valence-corrected chi connectivity index (χ0v) is 27.3. The lowest BCUT2D eigenvalue weighted by molar-refractivity contribution is -0.134. The maximum Gasteiger partial charge on any atom is 0.224 e. The second-order valence-electron chi connectivity index (χ2n) is 12.5. The highest BCUT2D eigenvalue weighted by Crippen LogP contribution is 2.34. The minimum absolute atomic E-state index is 0.00718. The van der Waals surface area contributed by atoms with Crippen LogP contribution >= 0.6 is 0 Å². The van der Waals surface area contributed by atoms with Crippen LogP contribution in [-0.2, 0) is 26.1 Å². The van der Waals surface area contributed by atoms with Crippen LogP contribution in [-0.4, -0.2) is 89.9 Å². The summed E-state index contributed by atoms with van der Waals surface area (Å²) in [6, 6.07) is 4.92. The van der Waals surface area contributed by atoms with Crippen molar-refractivity contribution in [3.05, 3.63) is 54.3 Å². The third kappa shape index (κ3) is 7.14. The van der Waals surface area contributed by atoms with Crippen LogP contribution in [0.1, 0.15) is 19.8 Å². The molecule has 1 aliphatic heterocycles. The molecule has 11 nitrogen and oxygen atoms in total. The van der Waals surface area contributed by atoms with Crippen LogP contribution < -0.4 is 4.90 Å². The van der Waals surface area contributed by atoms with Crippen LogP contribution in [0.4, 0.5) is 5.82 Å². The van der Waals surface area contributed by atoms with Crippen LogP contribution in [0, 0.1) is 5.92 Å². The average Bonchev–Trinajstić information content (AvgIpc) is 3.58. The van der Waals surface area contributed by atoms with E-state index >= 15 is 0 Å². The number of amides is 1. The zero-order chi connectivity index (χ0) is 30.7. The molecule has 2 aliphatic rings. The molecule has 1 fully saturated rings. The molecular weight excluding hydrogens is 562 g/mol. The summed E-state index contributed by atoms with van der Waals surface area (Å²) in [5.41, 5.74) is 3.80. The highest BCUT2D eigenvalue weighted by atomic mass is 28.3. The largest absolute Gasteiger partial charge is 0.497 e. The Morgan fingerprint density at radius 1 is 1.14 bits per heavy atom. The number of carbonyl (C=O) groups excluding carboxylic acids is 1. The number of anilines is 1. The maximum absolute atomic E-state index is 13.0. The predicted octanol–water partition coefficient (Wildman–Crippen LogP) is 4.61. The monoisotopic (exact) mass is 605 g/mol. The topological polar surface area (TPSA) is 108 Å².